The number of rotatable bonds is 5. The van der Waals surface area contributed by atoms with E-state index in [1.165, 1.54) is 23.1 Å². The van der Waals surface area contributed by atoms with Gasteiger partial charge < -0.3 is 9.32 Å². The molecule has 2 aromatic heterocycles. The molecular formula is C21H23N3O2. The van der Waals surface area contributed by atoms with E-state index in [4.69, 9.17) is 4.42 Å². The molecule has 0 radical (unpaired) electrons. The Morgan fingerprint density at radius 1 is 1.15 bits per heavy atom. The lowest BCUT2D eigenvalue weighted by atomic mass is 9.89. The predicted molar refractivity (Wildman–Crippen MR) is 99.0 cm³/mol. The number of furan rings is 1. The number of hydrogen-bond donors (Lipinski definition) is 1. The molecule has 3 aromatic rings. The molecule has 0 spiro atoms. The third-order valence-corrected chi connectivity index (χ3v) is 5.24. The Balaban J connectivity index is 1.36. The van der Waals surface area contributed by atoms with Crippen LogP contribution >= 0.6 is 0 Å². The molecule has 1 amide bonds. The first-order valence-corrected chi connectivity index (χ1v) is 9.19. The molecule has 0 aliphatic carbocycles. The maximum atomic E-state index is 12.4. The van der Waals surface area contributed by atoms with Crippen LogP contribution in [0.25, 0.3) is 0 Å². The molecule has 0 unspecified atom stereocenters. The van der Waals surface area contributed by atoms with Gasteiger partial charge in [0.25, 0.3) is 5.91 Å². The Bertz CT molecular complexity index is 831. The fourth-order valence-electron chi connectivity index (χ4n) is 3.74. The molecule has 134 valence electrons. The van der Waals surface area contributed by atoms with Crippen molar-refractivity contribution in [1.29, 1.82) is 0 Å². The summed E-state index contributed by atoms with van der Waals surface area (Å²) in [5, 5.41) is 7.50. The molecule has 1 aliphatic rings. The highest BCUT2D eigenvalue weighted by molar-refractivity contribution is 5.93. The monoisotopic (exact) mass is 349 g/mol. The highest BCUT2D eigenvalue weighted by Crippen LogP contribution is 2.30. The standard InChI is InChI=1S/C21H23N3O2/c25-21(19-10-13-26-15-19)24-11-8-17(9-12-24)20-18(14-22-23-20)7-6-16-4-2-1-3-5-16/h1-5,10,13-15,17H,6-9,11-12H2,(H,22,23). The number of piperidine rings is 1. The first-order chi connectivity index (χ1) is 12.8. The SMILES string of the molecule is O=C(c1ccoc1)N1CCC(c2[nH]ncc2CCc2ccccc2)CC1. The summed E-state index contributed by atoms with van der Waals surface area (Å²) in [7, 11) is 0. The number of likely N-dealkylation sites (tertiary alicyclic amines) is 1. The molecule has 1 aliphatic heterocycles. The summed E-state index contributed by atoms with van der Waals surface area (Å²) in [4.78, 5) is 14.3. The van der Waals surface area contributed by atoms with Gasteiger partial charge in [-0.2, -0.15) is 5.10 Å². The number of aromatic amines is 1. The highest BCUT2D eigenvalue weighted by Gasteiger charge is 2.27. The minimum absolute atomic E-state index is 0.0612. The Hall–Kier alpha value is -2.82. The van der Waals surface area contributed by atoms with Gasteiger partial charge in [0.05, 0.1) is 18.0 Å². The van der Waals surface area contributed by atoms with Crippen molar-refractivity contribution in [3.05, 3.63) is 77.5 Å². The maximum Gasteiger partial charge on any atom is 0.257 e. The predicted octanol–water partition coefficient (Wildman–Crippen LogP) is 3.81. The number of carbonyl (C=O) groups is 1. The number of nitrogens with zero attached hydrogens (tertiary/aromatic N) is 2. The summed E-state index contributed by atoms with van der Waals surface area (Å²) in [6, 6.07) is 12.3. The second kappa shape index (κ2) is 7.60. The van der Waals surface area contributed by atoms with Gasteiger partial charge in [0.1, 0.15) is 6.26 Å². The number of benzene rings is 1. The normalized spacial score (nSPS) is 15.3. The van der Waals surface area contributed by atoms with E-state index in [0.29, 0.717) is 11.5 Å². The van der Waals surface area contributed by atoms with Gasteiger partial charge >= 0.3 is 0 Å². The minimum atomic E-state index is 0.0612. The molecule has 0 atom stereocenters. The van der Waals surface area contributed by atoms with Gasteiger partial charge in [0.2, 0.25) is 0 Å². The first kappa shape index (κ1) is 16.6. The first-order valence-electron chi connectivity index (χ1n) is 9.19. The van der Waals surface area contributed by atoms with Crippen molar-refractivity contribution >= 4 is 5.91 Å². The van der Waals surface area contributed by atoms with Crippen molar-refractivity contribution in [2.75, 3.05) is 13.1 Å². The molecule has 1 saturated heterocycles. The molecule has 4 rings (SSSR count). The van der Waals surface area contributed by atoms with Gasteiger partial charge in [-0.3, -0.25) is 9.89 Å². The van der Waals surface area contributed by atoms with Gasteiger partial charge in [-0.05, 0) is 42.9 Å². The number of aromatic nitrogens is 2. The van der Waals surface area contributed by atoms with Crippen LogP contribution < -0.4 is 0 Å². The molecule has 3 heterocycles. The van der Waals surface area contributed by atoms with Crippen LogP contribution in [-0.4, -0.2) is 34.1 Å². The van der Waals surface area contributed by atoms with E-state index in [1.807, 2.05) is 17.2 Å². The number of carbonyl (C=O) groups excluding carboxylic acids is 1. The van der Waals surface area contributed by atoms with Crippen molar-refractivity contribution < 1.29 is 9.21 Å². The van der Waals surface area contributed by atoms with E-state index in [2.05, 4.69) is 34.5 Å². The largest absolute Gasteiger partial charge is 0.472 e. The zero-order chi connectivity index (χ0) is 17.8. The van der Waals surface area contributed by atoms with E-state index >= 15 is 0 Å². The van der Waals surface area contributed by atoms with Gasteiger partial charge in [0.15, 0.2) is 0 Å². The van der Waals surface area contributed by atoms with Crippen LogP contribution in [0.4, 0.5) is 0 Å². The Morgan fingerprint density at radius 3 is 2.69 bits per heavy atom. The quantitative estimate of drug-likeness (QED) is 0.762. The topological polar surface area (TPSA) is 62.1 Å². The fourth-order valence-corrected chi connectivity index (χ4v) is 3.74. The summed E-state index contributed by atoms with van der Waals surface area (Å²) in [5.74, 6) is 0.503. The second-order valence-electron chi connectivity index (χ2n) is 6.87. The lowest BCUT2D eigenvalue weighted by molar-refractivity contribution is 0.0711. The third-order valence-electron chi connectivity index (χ3n) is 5.24. The zero-order valence-corrected chi connectivity index (χ0v) is 14.7. The van der Waals surface area contributed by atoms with Gasteiger partial charge in [-0.1, -0.05) is 30.3 Å². The lowest BCUT2D eigenvalue weighted by Crippen LogP contribution is -2.38. The zero-order valence-electron chi connectivity index (χ0n) is 14.7. The van der Waals surface area contributed by atoms with Crippen molar-refractivity contribution in [2.24, 2.45) is 0 Å². The third kappa shape index (κ3) is 3.57. The molecular weight excluding hydrogens is 326 g/mol. The molecule has 1 fully saturated rings. The van der Waals surface area contributed by atoms with E-state index in [-0.39, 0.29) is 5.91 Å². The number of aryl methyl sites for hydroxylation is 2. The molecule has 1 N–H and O–H groups in total. The number of H-pyrrole nitrogens is 1. The highest BCUT2D eigenvalue weighted by atomic mass is 16.3. The van der Waals surface area contributed by atoms with Gasteiger partial charge in [-0.15, -0.1) is 0 Å². The van der Waals surface area contributed by atoms with Crippen LogP contribution in [0.3, 0.4) is 0 Å². The van der Waals surface area contributed by atoms with Crippen LogP contribution in [0.2, 0.25) is 0 Å². The Kier molecular flexibility index (Phi) is 4.86. The van der Waals surface area contributed by atoms with Crippen molar-refractivity contribution in [1.82, 2.24) is 15.1 Å². The number of hydrogen-bond acceptors (Lipinski definition) is 3. The van der Waals surface area contributed by atoms with Gasteiger partial charge in [-0.25, -0.2) is 0 Å². The summed E-state index contributed by atoms with van der Waals surface area (Å²) in [6.07, 6.45) is 8.96. The van der Waals surface area contributed by atoms with Crippen molar-refractivity contribution in [3.63, 3.8) is 0 Å². The average molecular weight is 349 g/mol. The fraction of sp³-hybridized carbons (Fsp3) is 0.333. The summed E-state index contributed by atoms with van der Waals surface area (Å²) in [6.45, 7) is 1.54. The Morgan fingerprint density at radius 2 is 1.96 bits per heavy atom. The molecule has 26 heavy (non-hydrogen) atoms. The van der Waals surface area contributed by atoms with E-state index < -0.39 is 0 Å². The summed E-state index contributed by atoms with van der Waals surface area (Å²) in [5.41, 5.74) is 4.53. The molecule has 0 bridgehead atoms. The minimum Gasteiger partial charge on any atom is -0.472 e. The van der Waals surface area contributed by atoms with Crippen LogP contribution in [0, 0.1) is 0 Å². The van der Waals surface area contributed by atoms with E-state index in [1.54, 1.807) is 12.3 Å². The smallest absolute Gasteiger partial charge is 0.257 e. The Labute approximate surface area is 153 Å². The maximum absolute atomic E-state index is 12.4. The summed E-state index contributed by atoms with van der Waals surface area (Å²) < 4.78 is 5.02. The van der Waals surface area contributed by atoms with Gasteiger partial charge in [0, 0.05) is 24.7 Å². The van der Waals surface area contributed by atoms with Crippen LogP contribution in [0.5, 0.6) is 0 Å². The van der Waals surface area contributed by atoms with E-state index in [0.717, 1.165) is 38.8 Å². The van der Waals surface area contributed by atoms with Crippen molar-refractivity contribution in [2.45, 2.75) is 31.6 Å². The number of nitrogens with one attached hydrogen (secondary N) is 1. The van der Waals surface area contributed by atoms with Crippen molar-refractivity contribution in [3.8, 4) is 0 Å². The number of amides is 1. The van der Waals surface area contributed by atoms with Crippen LogP contribution in [-0.2, 0) is 12.8 Å². The lowest BCUT2D eigenvalue weighted by Gasteiger charge is -2.31. The molecule has 1 aromatic carbocycles. The molecule has 5 heteroatoms. The van der Waals surface area contributed by atoms with E-state index in [9.17, 15) is 4.79 Å². The van der Waals surface area contributed by atoms with Crippen LogP contribution in [0.15, 0.2) is 59.5 Å². The second-order valence-corrected chi connectivity index (χ2v) is 6.87. The van der Waals surface area contributed by atoms with Crippen LogP contribution in [0.1, 0.15) is 45.9 Å². The summed E-state index contributed by atoms with van der Waals surface area (Å²) >= 11 is 0. The molecule has 0 saturated carbocycles. The average Bonchev–Trinajstić information content (AvgIpc) is 3.39. The molecule has 5 nitrogen and oxygen atoms in total.